The molecule has 0 radical (unpaired) electrons. The van der Waals surface area contributed by atoms with E-state index in [9.17, 15) is 0 Å². The van der Waals surface area contributed by atoms with Gasteiger partial charge in [0.2, 0.25) is 0 Å². The summed E-state index contributed by atoms with van der Waals surface area (Å²) in [5, 5.41) is 8.84. The first-order valence-corrected chi connectivity index (χ1v) is 5.99. The largest absolute Gasteiger partial charge is 0.291 e. The number of fused-ring (bicyclic) bond motifs is 1. The molecule has 0 aliphatic carbocycles. The van der Waals surface area contributed by atoms with Gasteiger partial charge >= 0.3 is 0 Å². The van der Waals surface area contributed by atoms with Crippen LogP contribution < -0.4 is 0 Å². The second kappa shape index (κ2) is 4.59. The zero-order valence-electron chi connectivity index (χ0n) is 10.0. The molecule has 1 aliphatic heterocycles. The first-order valence-electron chi connectivity index (χ1n) is 5.99. The van der Waals surface area contributed by atoms with Crippen LogP contribution in [0.3, 0.4) is 0 Å². The monoisotopic (exact) mass is 235 g/mol. The van der Waals surface area contributed by atoms with Crippen LogP contribution in [0.15, 0.2) is 42.6 Å². The topological polar surface area (TPSA) is 39.9 Å². The summed E-state index contributed by atoms with van der Waals surface area (Å²) in [4.78, 5) is 6.37. The van der Waals surface area contributed by atoms with Crippen molar-refractivity contribution in [3.63, 3.8) is 0 Å². The number of hydrogen-bond donors (Lipinski definition) is 0. The molecule has 18 heavy (non-hydrogen) atoms. The molecule has 1 aromatic heterocycles. The van der Waals surface area contributed by atoms with Crippen molar-refractivity contribution in [3.8, 4) is 6.07 Å². The van der Waals surface area contributed by atoms with Gasteiger partial charge in [0, 0.05) is 25.8 Å². The third kappa shape index (κ3) is 2.11. The Labute approximate surface area is 106 Å². The first kappa shape index (κ1) is 10.9. The molecule has 1 aromatic carbocycles. The Morgan fingerprint density at radius 2 is 1.89 bits per heavy atom. The minimum Gasteiger partial charge on any atom is -0.291 e. The van der Waals surface area contributed by atoms with Crippen molar-refractivity contribution in [3.05, 3.63) is 65.0 Å². The molecule has 0 fully saturated rings. The second-order valence-electron chi connectivity index (χ2n) is 4.58. The molecule has 0 unspecified atom stereocenters. The van der Waals surface area contributed by atoms with Gasteiger partial charge in [0.1, 0.15) is 11.8 Å². The summed E-state index contributed by atoms with van der Waals surface area (Å²) in [6.07, 6.45) is 1.71. The van der Waals surface area contributed by atoms with Crippen LogP contribution >= 0.6 is 0 Å². The number of pyridine rings is 1. The van der Waals surface area contributed by atoms with Gasteiger partial charge in [-0.15, -0.1) is 0 Å². The predicted octanol–water partition coefficient (Wildman–Crippen LogP) is 2.47. The van der Waals surface area contributed by atoms with Crippen molar-refractivity contribution < 1.29 is 0 Å². The highest BCUT2D eigenvalue weighted by atomic mass is 15.1. The van der Waals surface area contributed by atoms with Crippen LogP contribution in [-0.4, -0.2) is 9.88 Å². The van der Waals surface area contributed by atoms with Gasteiger partial charge in [0.15, 0.2) is 0 Å². The minimum absolute atomic E-state index is 0.490. The SMILES string of the molecule is N#Cc1cc(CN2Cc3ccccc3C2)ccn1. The molecular weight excluding hydrogens is 222 g/mol. The number of nitrogens with zero attached hydrogens (tertiary/aromatic N) is 3. The lowest BCUT2D eigenvalue weighted by atomic mass is 10.1. The molecule has 1 aliphatic rings. The fourth-order valence-electron chi connectivity index (χ4n) is 2.41. The average molecular weight is 235 g/mol. The minimum atomic E-state index is 0.490. The fraction of sp³-hybridized carbons (Fsp3) is 0.200. The number of hydrogen-bond acceptors (Lipinski definition) is 3. The van der Waals surface area contributed by atoms with Gasteiger partial charge < -0.3 is 0 Å². The molecule has 0 atom stereocenters. The molecule has 2 aromatic rings. The van der Waals surface area contributed by atoms with Gasteiger partial charge in [-0.25, -0.2) is 4.98 Å². The van der Waals surface area contributed by atoms with Gasteiger partial charge in [0.05, 0.1) is 0 Å². The van der Waals surface area contributed by atoms with Crippen molar-refractivity contribution in [2.45, 2.75) is 19.6 Å². The highest BCUT2D eigenvalue weighted by molar-refractivity contribution is 5.31. The quantitative estimate of drug-likeness (QED) is 0.802. The van der Waals surface area contributed by atoms with E-state index in [0.29, 0.717) is 5.69 Å². The number of rotatable bonds is 2. The molecule has 0 bridgehead atoms. The number of aromatic nitrogens is 1. The number of nitriles is 1. The summed E-state index contributed by atoms with van der Waals surface area (Å²) in [5.74, 6) is 0. The predicted molar refractivity (Wildman–Crippen MR) is 68.3 cm³/mol. The van der Waals surface area contributed by atoms with E-state index in [2.05, 4.69) is 40.2 Å². The van der Waals surface area contributed by atoms with Crippen molar-refractivity contribution in [1.82, 2.24) is 9.88 Å². The Balaban J connectivity index is 1.74. The van der Waals surface area contributed by atoms with Crippen molar-refractivity contribution in [2.75, 3.05) is 0 Å². The zero-order valence-corrected chi connectivity index (χ0v) is 10.0. The van der Waals surface area contributed by atoms with Crippen molar-refractivity contribution >= 4 is 0 Å². The summed E-state index contributed by atoms with van der Waals surface area (Å²) >= 11 is 0. The van der Waals surface area contributed by atoms with E-state index in [0.717, 1.165) is 25.2 Å². The third-order valence-electron chi connectivity index (χ3n) is 3.25. The maximum absolute atomic E-state index is 8.84. The summed E-state index contributed by atoms with van der Waals surface area (Å²) in [5.41, 5.74) is 4.46. The fourth-order valence-corrected chi connectivity index (χ4v) is 2.41. The van der Waals surface area contributed by atoms with E-state index >= 15 is 0 Å². The Morgan fingerprint density at radius 3 is 2.56 bits per heavy atom. The molecule has 3 heteroatoms. The highest BCUT2D eigenvalue weighted by Crippen LogP contribution is 2.23. The lowest BCUT2D eigenvalue weighted by molar-refractivity contribution is 0.275. The molecule has 88 valence electrons. The molecular formula is C15H13N3. The normalized spacial score (nSPS) is 14.2. The summed E-state index contributed by atoms with van der Waals surface area (Å²) < 4.78 is 0. The number of benzene rings is 1. The van der Waals surface area contributed by atoms with Crippen LogP contribution in [0.4, 0.5) is 0 Å². The van der Waals surface area contributed by atoms with Gasteiger partial charge in [-0.05, 0) is 28.8 Å². The van der Waals surface area contributed by atoms with E-state index in [1.165, 1.54) is 11.1 Å². The standard InChI is InChI=1S/C15H13N3/c16-8-15-7-12(5-6-17-15)9-18-10-13-3-1-2-4-14(13)11-18/h1-7H,9-11H2. The van der Waals surface area contributed by atoms with E-state index < -0.39 is 0 Å². The smallest absolute Gasteiger partial charge is 0.140 e. The summed E-state index contributed by atoms with van der Waals surface area (Å²) in [6, 6.07) is 14.5. The average Bonchev–Trinajstić information content (AvgIpc) is 2.81. The van der Waals surface area contributed by atoms with Crippen LogP contribution in [0.2, 0.25) is 0 Å². The van der Waals surface area contributed by atoms with Crippen LogP contribution in [0.5, 0.6) is 0 Å². The van der Waals surface area contributed by atoms with E-state index in [-0.39, 0.29) is 0 Å². The Bertz CT molecular complexity index is 588. The second-order valence-corrected chi connectivity index (χ2v) is 4.58. The van der Waals surface area contributed by atoms with Crippen molar-refractivity contribution in [1.29, 1.82) is 5.26 Å². The van der Waals surface area contributed by atoms with Crippen LogP contribution in [-0.2, 0) is 19.6 Å². The maximum atomic E-state index is 8.84. The van der Waals surface area contributed by atoms with Crippen LogP contribution in [0.25, 0.3) is 0 Å². The highest BCUT2D eigenvalue weighted by Gasteiger charge is 2.18. The third-order valence-corrected chi connectivity index (χ3v) is 3.25. The Kier molecular flexibility index (Phi) is 2.79. The van der Waals surface area contributed by atoms with Crippen LogP contribution in [0.1, 0.15) is 22.4 Å². The lowest BCUT2D eigenvalue weighted by Crippen LogP contribution is -2.15. The van der Waals surface area contributed by atoms with Gasteiger partial charge in [-0.1, -0.05) is 24.3 Å². The summed E-state index contributed by atoms with van der Waals surface area (Å²) in [6.45, 7) is 2.84. The van der Waals surface area contributed by atoms with E-state index in [1.807, 2.05) is 12.1 Å². The van der Waals surface area contributed by atoms with E-state index in [4.69, 9.17) is 5.26 Å². The summed E-state index contributed by atoms with van der Waals surface area (Å²) in [7, 11) is 0. The zero-order chi connectivity index (χ0) is 12.4. The maximum Gasteiger partial charge on any atom is 0.140 e. The first-order chi connectivity index (χ1) is 8.85. The molecule has 3 nitrogen and oxygen atoms in total. The Hall–Kier alpha value is -2.18. The van der Waals surface area contributed by atoms with Gasteiger partial charge in [-0.2, -0.15) is 5.26 Å². The molecule has 0 spiro atoms. The molecule has 3 rings (SSSR count). The Morgan fingerprint density at radius 1 is 1.17 bits per heavy atom. The van der Waals surface area contributed by atoms with Crippen LogP contribution in [0, 0.1) is 11.3 Å². The molecule has 2 heterocycles. The molecule has 0 N–H and O–H groups in total. The van der Waals surface area contributed by atoms with Gasteiger partial charge in [0.25, 0.3) is 0 Å². The van der Waals surface area contributed by atoms with Gasteiger partial charge in [-0.3, -0.25) is 4.90 Å². The van der Waals surface area contributed by atoms with Crippen molar-refractivity contribution in [2.24, 2.45) is 0 Å². The molecule has 0 amide bonds. The molecule has 0 saturated carbocycles. The molecule has 0 saturated heterocycles. The van der Waals surface area contributed by atoms with E-state index in [1.54, 1.807) is 6.20 Å². The lowest BCUT2D eigenvalue weighted by Gasteiger charge is -2.14.